The van der Waals surface area contributed by atoms with E-state index in [0.29, 0.717) is 5.75 Å². The molecule has 2 N–H and O–H groups in total. The summed E-state index contributed by atoms with van der Waals surface area (Å²) >= 11 is 1.40. The van der Waals surface area contributed by atoms with Gasteiger partial charge >= 0.3 is 18.0 Å². The number of carbonyl (C=O) groups is 3. The molecular formula is C21H22N2O6S. The number of amides is 2. The number of hydrogen-bond acceptors (Lipinski definition) is 7. The third-order valence-corrected chi connectivity index (χ3v) is 5.11. The lowest BCUT2D eigenvalue weighted by molar-refractivity contribution is -0.144. The van der Waals surface area contributed by atoms with Gasteiger partial charge in [0, 0.05) is 4.88 Å². The van der Waals surface area contributed by atoms with Crippen LogP contribution in [-0.4, -0.2) is 37.8 Å². The van der Waals surface area contributed by atoms with Crippen molar-refractivity contribution in [3.8, 4) is 5.75 Å². The second-order valence-corrected chi connectivity index (χ2v) is 7.21. The van der Waals surface area contributed by atoms with Crippen molar-refractivity contribution in [2.75, 3.05) is 19.8 Å². The molecule has 0 radical (unpaired) electrons. The van der Waals surface area contributed by atoms with E-state index in [9.17, 15) is 14.4 Å². The van der Waals surface area contributed by atoms with E-state index >= 15 is 0 Å². The summed E-state index contributed by atoms with van der Waals surface area (Å²) in [6.07, 6.45) is 0.0253. The van der Waals surface area contributed by atoms with Crippen molar-refractivity contribution in [3.63, 3.8) is 0 Å². The summed E-state index contributed by atoms with van der Waals surface area (Å²) in [6.45, 7) is 1.77. The molecule has 0 spiro atoms. The number of benzene rings is 1. The van der Waals surface area contributed by atoms with Crippen molar-refractivity contribution in [1.29, 1.82) is 0 Å². The molecule has 158 valence electrons. The summed E-state index contributed by atoms with van der Waals surface area (Å²) in [6, 6.07) is 11.6. The molecule has 30 heavy (non-hydrogen) atoms. The quantitative estimate of drug-likeness (QED) is 0.593. The summed E-state index contributed by atoms with van der Waals surface area (Å²) in [5.41, 5.74) is 0.417. The third kappa shape index (κ3) is 5.60. The largest absolute Gasteiger partial charge is 0.493 e. The first-order chi connectivity index (χ1) is 14.6. The molecule has 1 aliphatic heterocycles. The molecule has 0 saturated heterocycles. The minimum absolute atomic E-state index is 0.0253. The minimum Gasteiger partial charge on any atom is -0.493 e. The standard InChI is InChI=1S/C21H22N2O6S/c1-2-27-20(25)18-15(22-21(26)23-19(18)16-9-6-12-30-16)13-29-17(24)10-11-28-14-7-4-3-5-8-14/h3-9,12,19H,2,10-11,13H2,1H3,(H2,22,23,26). The summed E-state index contributed by atoms with van der Waals surface area (Å²) in [5.74, 6) is -0.439. The van der Waals surface area contributed by atoms with E-state index in [2.05, 4.69) is 10.6 Å². The van der Waals surface area contributed by atoms with E-state index < -0.39 is 24.0 Å². The van der Waals surface area contributed by atoms with E-state index in [1.54, 1.807) is 19.1 Å². The molecule has 9 heteroatoms. The minimum atomic E-state index is -0.673. The Hall–Kier alpha value is -3.33. The fraction of sp³-hybridized carbons (Fsp3) is 0.286. The zero-order valence-electron chi connectivity index (χ0n) is 16.4. The van der Waals surface area contributed by atoms with E-state index in [-0.39, 0.29) is 37.5 Å². The van der Waals surface area contributed by atoms with Crippen molar-refractivity contribution in [1.82, 2.24) is 10.6 Å². The molecule has 3 rings (SSSR count). The molecule has 2 amide bonds. The molecule has 1 unspecified atom stereocenters. The smallest absolute Gasteiger partial charge is 0.338 e. The van der Waals surface area contributed by atoms with Gasteiger partial charge in [0.05, 0.1) is 36.9 Å². The van der Waals surface area contributed by atoms with E-state index in [1.165, 1.54) is 11.3 Å². The molecular weight excluding hydrogens is 408 g/mol. The number of hydrogen-bond donors (Lipinski definition) is 2. The van der Waals surface area contributed by atoms with Gasteiger partial charge in [0.2, 0.25) is 0 Å². The molecule has 1 aliphatic rings. The van der Waals surface area contributed by atoms with Gasteiger partial charge in [-0.1, -0.05) is 24.3 Å². The first kappa shape index (κ1) is 21.4. The maximum atomic E-state index is 12.6. The molecule has 2 heterocycles. The van der Waals surface area contributed by atoms with Crippen molar-refractivity contribution < 1.29 is 28.6 Å². The monoisotopic (exact) mass is 430 g/mol. The molecule has 2 aromatic rings. The molecule has 1 aromatic heterocycles. The fourth-order valence-corrected chi connectivity index (χ4v) is 3.63. The van der Waals surface area contributed by atoms with E-state index in [1.807, 2.05) is 35.7 Å². The van der Waals surface area contributed by atoms with Gasteiger partial charge in [0.15, 0.2) is 0 Å². The van der Waals surface area contributed by atoms with Crippen LogP contribution in [0.2, 0.25) is 0 Å². The topological polar surface area (TPSA) is 103 Å². The Balaban J connectivity index is 1.66. The molecule has 1 aromatic carbocycles. The Bertz CT molecular complexity index is 911. The number of nitrogens with one attached hydrogen (secondary N) is 2. The number of carbonyl (C=O) groups excluding carboxylic acids is 3. The van der Waals surface area contributed by atoms with Gasteiger partial charge in [-0.15, -0.1) is 11.3 Å². The van der Waals surface area contributed by atoms with Gasteiger partial charge in [0.25, 0.3) is 0 Å². The summed E-state index contributed by atoms with van der Waals surface area (Å²) < 4.78 is 15.9. The van der Waals surface area contributed by atoms with Crippen molar-refractivity contribution >= 4 is 29.3 Å². The lowest BCUT2D eigenvalue weighted by Crippen LogP contribution is -2.46. The predicted molar refractivity (Wildman–Crippen MR) is 110 cm³/mol. The van der Waals surface area contributed by atoms with E-state index in [4.69, 9.17) is 14.2 Å². The highest BCUT2D eigenvalue weighted by Gasteiger charge is 2.34. The van der Waals surface area contributed by atoms with Crippen LogP contribution in [0.1, 0.15) is 24.3 Å². The van der Waals surface area contributed by atoms with Gasteiger partial charge in [-0.05, 0) is 30.5 Å². The van der Waals surface area contributed by atoms with Crippen LogP contribution < -0.4 is 15.4 Å². The summed E-state index contributed by atoms with van der Waals surface area (Å²) in [4.78, 5) is 37.6. The van der Waals surface area contributed by atoms with Crippen molar-refractivity contribution in [3.05, 3.63) is 64.0 Å². The van der Waals surface area contributed by atoms with Crippen LogP contribution in [0.5, 0.6) is 5.75 Å². The summed E-state index contributed by atoms with van der Waals surface area (Å²) in [5, 5.41) is 7.13. The zero-order valence-corrected chi connectivity index (χ0v) is 17.2. The normalized spacial score (nSPS) is 15.8. The molecule has 0 saturated carbocycles. The molecule has 0 fully saturated rings. The van der Waals surface area contributed by atoms with E-state index in [0.717, 1.165) is 4.88 Å². The maximum absolute atomic E-state index is 12.6. The highest BCUT2D eigenvalue weighted by Crippen LogP contribution is 2.30. The highest BCUT2D eigenvalue weighted by atomic mass is 32.1. The van der Waals surface area contributed by atoms with Crippen LogP contribution in [0, 0.1) is 0 Å². The average Bonchev–Trinajstić information content (AvgIpc) is 3.27. The zero-order chi connectivity index (χ0) is 21.3. The average molecular weight is 430 g/mol. The lowest BCUT2D eigenvalue weighted by Gasteiger charge is -2.28. The van der Waals surface area contributed by atoms with Crippen LogP contribution in [0.3, 0.4) is 0 Å². The van der Waals surface area contributed by atoms with Crippen LogP contribution >= 0.6 is 11.3 Å². The van der Waals surface area contributed by atoms with Crippen LogP contribution in [0.25, 0.3) is 0 Å². The van der Waals surface area contributed by atoms with Gasteiger partial charge in [-0.25, -0.2) is 9.59 Å². The number of esters is 2. The molecule has 0 bridgehead atoms. The third-order valence-electron chi connectivity index (χ3n) is 4.17. The number of urea groups is 1. The summed E-state index contributed by atoms with van der Waals surface area (Å²) in [7, 11) is 0. The van der Waals surface area contributed by atoms with Crippen LogP contribution in [0.15, 0.2) is 59.1 Å². The maximum Gasteiger partial charge on any atom is 0.338 e. The van der Waals surface area contributed by atoms with Gasteiger partial charge < -0.3 is 24.8 Å². The first-order valence-electron chi connectivity index (χ1n) is 9.43. The fourth-order valence-electron chi connectivity index (χ4n) is 2.84. The Morgan fingerprint density at radius 1 is 1.10 bits per heavy atom. The van der Waals surface area contributed by atoms with Gasteiger partial charge in [-0.3, -0.25) is 4.79 Å². The van der Waals surface area contributed by atoms with Gasteiger partial charge in [0.1, 0.15) is 12.4 Å². The Labute approximate surface area is 177 Å². The van der Waals surface area contributed by atoms with Crippen molar-refractivity contribution in [2.45, 2.75) is 19.4 Å². The lowest BCUT2D eigenvalue weighted by atomic mass is 10.0. The molecule has 1 atom stereocenters. The number of thiophene rings is 1. The Morgan fingerprint density at radius 3 is 2.60 bits per heavy atom. The SMILES string of the molecule is CCOC(=O)C1=C(COC(=O)CCOc2ccccc2)NC(=O)NC1c1cccs1. The predicted octanol–water partition coefficient (Wildman–Crippen LogP) is 2.93. The molecule has 0 aliphatic carbocycles. The molecule has 8 nitrogen and oxygen atoms in total. The van der Waals surface area contributed by atoms with Gasteiger partial charge in [-0.2, -0.15) is 0 Å². The number of ether oxygens (including phenoxy) is 3. The Kier molecular flexibility index (Phi) is 7.45. The highest BCUT2D eigenvalue weighted by molar-refractivity contribution is 7.10. The second kappa shape index (κ2) is 10.4. The second-order valence-electron chi connectivity index (χ2n) is 6.23. The van der Waals surface area contributed by atoms with Crippen molar-refractivity contribution in [2.24, 2.45) is 0 Å². The number of rotatable bonds is 9. The van der Waals surface area contributed by atoms with Crippen LogP contribution in [-0.2, 0) is 19.1 Å². The first-order valence-corrected chi connectivity index (χ1v) is 10.3. The Morgan fingerprint density at radius 2 is 1.90 bits per heavy atom. The van der Waals surface area contributed by atoms with Crippen LogP contribution in [0.4, 0.5) is 4.79 Å². The number of para-hydroxylation sites is 1.